The average Bonchev–Trinajstić information content (AvgIpc) is 3.48. The highest BCUT2D eigenvalue weighted by Crippen LogP contribution is 2.54. The van der Waals surface area contributed by atoms with Gasteiger partial charge in [-0.25, -0.2) is 0 Å². The number of aryl methyl sites for hydroxylation is 2. The summed E-state index contributed by atoms with van der Waals surface area (Å²) in [6, 6.07) is 50.4. The number of aromatic nitrogens is 1. The van der Waals surface area contributed by atoms with Gasteiger partial charge in [-0.2, -0.15) is 0 Å². The molecule has 0 N–H and O–H groups in total. The quantitative estimate of drug-likeness (QED) is 0.136. The highest BCUT2D eigenvalue weighted by atomic mass is 31.0. The van der Waals surface area contributed by atoms with Gasteiger partial charge < -0.3 is 4.57 Å². The van der Waals surface area contributed by atoms with Gasteiger partial charge in [0.15, 0.2) is 0 Å². The van der Waals surface area contributed by atoms with Crippen LogP contribution in [0, 0.1) is 13.8 Å². The molecule has 3 fully saturated rings. The molecule has 0 aliphatic heterocycles. The zero-order valence-electron chi connectivity index (χ0n) is 34.4. The minimum absolute atomic E-state index is 0.602. The first kappa shape index (κ1) is 37.8. The summed E-state index contributed by atoms with van der Waals surface area (Å²) in [5, 5.41) is 4.06. The topological polar surface area (TPSA) is 4.93 Å². The van der Waals surface area contributed by atoms with Crippen molar-refractivity contribution in [2.24, 2.45) is 0 Å². The Bertz CT molecular complexity index is 2550. The van der Waals surface area contributed by atoms with Crippen LogP contribution in [0.3, 0.4) is 0 Å². The van der Waals surface area contributed by atoms with Gasteiger partial charge in [-0.3, -0.25) is 0 Å². The van der Waals surface area contributed by atoms with Gasteiger partial charge in [0.05, 0.1) is 11.0 Å². The number of hydrogen-bond acceptors (Lipinski definition) is 0. The van der Waals surface area contributed by atoms with Crippen LogP contribution >= 0.6 is 9.24 Å². The van der Waals surface area contributed by atoms with E-state index in [9.17, 15) is 0 Å². The van der Waals surface area contributed by atoms with E-state index in [0.29, 0.717) is 23.7 Å². The first-order valence-corrected chi connectivity index (χ1v) is 22.3. The molecular formula is C55H58NP. The molecule has 10 rings (SSSR count). The van der Waals surface area contributed by atoms with Crippen LogP contribution in [-0.4, -0.2) is 4.57 Å². The van der Waals surface area contributed by atoms with Crippen molar-refractivity contribution in [1.82, 2.24) is 4.57 Å². The Morgan fingerprint density at radius 3 is 1.84 bits per heavy atom. The van der Waals surface area contributed by atoms with E-state index in [4.69, 9.17) is 0 Å². The molecule has 1 nitrogen and oxygen atoms in total. The van der Waals surface area contributed by atoms with Crippen LogP contribution in [-0.2, 0) is 0 Å². The van der Waals surface area contributed by atoms with E-state index in [1.54, 1.807) is 22.3 Å². The molecule has 0 radical (unpaired) electrons. The number of hydrogen-bond donors (Lipinski definition) is 0. The molecule has 0 saturated heterocycles. The Balaban J connectivity index is 0.000000371. The molecule has 7 aromatic rings. The minimum Gasteiger partial charge on any atom is -0.309 e. The van der Waals surface area contributed by atoms with Crippen LogP contribution in [0.4, 0.5) is 0 Å². The molecule has 4 unspecified atom stereocenters. The smallest absolute Gasteiger partial charge is 0.0544 e. The van der Waals surface area contributed by atoms with Crippen LogP contribution in [0.2, 0.25) is 0 Å². The van der Waals surface area contributed by atoms with Crippen LogP contribution in [0.25, 0.3) is 33.1 Å². The van der Waals surface area contributed by atoms with Gasteiger partial charge in [0.1, 0.15) is 0 Å². The van der Waals surface area contributed by atoms with Crippen molar-refractivity contribution in [1.29, 1.82) is 0 Å². The fourth-order valence-electron chi connectivity index (χ4n) is 9.76. The van der Waals surface area contributed by atoms with Crippen molar-refractivity contribution >= 4 is 41.9 Å². The average molecular weight is 764 g/mol. The first-order valence-electron chi connectivity index (χ1n) is 21.8. The van der Waals surface area contributed by atoms with Crippen LogP contribution in [0.5, 0.6) is 0 Å². The van der Waals surface area contributed by atoms with E-state index in [1.165, 1.54) is 124 Å². The van der Waals surface area contributed by atoms with Gasteiger partial charge in [0.2, 0.25) is 0 Å². The molecule has 57 heavy (non-hydrogen) atoms. The van der Waals surface area contributed by atoms with E-state index in [2.05, 4.69) is 175 Å². The first-order chi connectivity index (χ1) is 27.9. The lowest BCUT2D eigenvalue weighted by Crippen LogP contribution is -2.25. The summed E-state index contributed by atoms with van der Waals surface area (Å²) >= 11 is 0. The largest absolute Gasteiger partial charge is 0.309 e. The molecule has 0 spiro atoms. The fourth-order valence-corrected chi connectivity index (χ4v) is 10.0. The molecule has 1 aromatic heterocycles. The van der Waals surface area contributed by atoms with Gasteiger partial charge in [-0.15, -0.1) is 9.24 Å². The fraction of sp³-hybridized carbons (Fsp3) is 0.309. The summed E-state index contributed by atoms with van der Waals surface area (Å²) in [5.41, 5.74) is 18.7. The molecule has 4 atom stereocenters. The summed E-state index contributed by atoms with van der Waals surface area (Å²) in [5.74, 6) is 2.62. The molecule has 288 valence electrons. The van der Waals surface area contributed by atoms with Crippen molar-refractivity contribution in [2.75, 3.05) is 0 Å². The minimum atomic E-state index is 0.602. The highest BCUT2D eigenvalue weighted by molar-refractivity contribution is 7.27. The van der Waals surface area contributed by atoms with Crippen molar-refractivity contribution < 1.29 is 0 Å². The van der Waals surface area contributed by atoms with Crippen molar-refractivity contribution in [3.63, 3.8) is 0 Å². The second kappa shape index (κ2) is 16.3. The Hall–Kier alpha value is -4.71. The molecule has 3 aliphatic carbocycles. The van der Waals surface area contributed by atoms with Gasteiger partial charge in [-0.1, -0.05) is 123 Å². The van der Waals surface area contributed by atoms with Crippen molar-refractivity contribution in [3.05, 3.63) is 184 Å². The van der Waals surface area contributed by atoms with E-state index < -0.39 is 0 Å². The van der Waals surface area contributed by atoms with E-state index in [-0.39, 0.29) is 0 Å². The van der Waals surface area contributed by atoms with Gasteiger partial charge in [0, 0.05) is 16.5 Å². The third-order valence-electron chi connectivity index (χ3n) is 13.9. The number of fused-ring (bicyclic) bond motifs is 3. The van der Waals surface area contributed by atoms with Crippen molar-refractivity contribution in [3.8, 4) is 5.69 Å². The summed E-state index contributed by atoms with van der Waals surface area (Å²) in [4.78, 5) is 0. The maximum atomic E-state index is 3.00. The van der Waals surface area contributed by atoms with Gasteiger partial charge in [0.25, 0.3) is 0 Å². The maximum Gasteiger partial charge on any atom is 0.0544 e. The third-order valence-corrected chi connectivity index (χ3v) is 14.6. The summed E-state index contributed by atoms with van der Waals surface area (Å²) in [6.07, 6.45) is 11.5. The molecular weight excluding hydrogens is 706 g/mol. The maximum absolute atomic E-state index is 3.00. The lowest BCUT2D eigenvalue weighted by molar-refractivity contribution is 0.336. The zero-order valence-corrected chi connectivity index (χ0v) is 35.6. The molecule has 0 bridgehead atoms. The lowest BCUT2D eigenvalue weighted by Gasteiger charge is -2.41. The molecule has 3 aliphatic rings. The Morgan fingerprint density at radius 1 is 0.614 bits per heavy atom. The Morgan fingerprint density at radius 2 is 1.23 bits per heavy atom. The number of nitrogens with zero attached hydrogens (tertiary/aromatic N) is 1. The van der Waals surface area contributed by atoms with Crippen LogP contribution in [0.1, 0.15) is 140 Å². The summed E-state index contributed by atoms with van der Waals surface area (Å²) < 4.78 is 2.57. The normalized spacial score (nSPS) is 18.3. The second-order valence-corrected chi connectivity index (χ2v) is 17.9. The molecule has 0 amide bonds. The molecule has 6 aromatic carbocycles. The zero-order chi connectivity index (χ0) is 39.0. The van der Waals surface area contributed by atoms with Crippen LogP contribution < -0.4 is 5.30 Å². The summed E-state index contributed by atoms with van der Waals surface area (Å²) in [6.45, 7) is 9.02. The standard InChI is InChI=1S/C45H44NP.C10H14/c1-28-10-6-7-17-35(28)36-22-23-37(36)39-25-40-41-27-44(47)29(2)24-42(41)46(43(40)26-38(39)30-13-8-14-30)34-20-18-33(19-21-34)45(32-15-9-16-32)31-11-4-3-5-12-31;1-3-9(2)10-7-5-4-6-8-10/h3-7,10-12,17-21,24-27,30,36-37H,8-9,13-16,22-23,47H2,1-2H3;4-9H,3H2,1-2H3. The van der Waals surface area contributed by atoms with Crippen molar-refractivity contribution in [2.45, 2.75) is 109 Å². The van der Waals surface area contributed by atoms with Crippen LogP contribution in [0.15, 0.2) is 139 Å². The molecule has 1 heterocycles. The Kier molecular flexibility index (Phi) is 10.8. The Labute approximate surface area is 343 Å². The number of allylic oxidation sites excluding steroid dienone is 1. The SMILES string of the molecule is CCC(C)c1ccccc1.Cc1cc2c(cc1P)c1cc(C3CCC3c3ccccc3C)c(C3CCC3)cc1n2-c1ccc(C(=C2CCC2)c2ccccc2)cc1. The van der Waals surface area contributed by atoms with Gasteiger partial charge in [-0.05, 0) is 181 Å². The number of rotatable bonds is 8. The third kappa shape index (κ3) is 7.23. The predicted octanol–water partition coefficient (Wildman–Crippen LogP) is 15.0. The second-order valence-electron chi connectivity index (χ2n) is 17.3. The number of benzene rings is 6. The predicted molar refractivity (Wildman–Crippen MR) is 249 cm³/mol. The monoisotopic (exact) mass is 763 g/mol. The van der Waals surface area contributed by atoms with E-state index >= 15 is 0 Å². The summed E-state index contributed by atoms with van der Waals surface area (Å²) in [7, 11) is 3.00. The van der Waals surface area contributed by atoms with E-state index in [1.807, 2.05) is 0 Å². The molecule has 3 saturated carbocycles. The van der Waals surface area contributed by atoms with Gasteiger partial charge >= 0.3 is 0 Å². The lowest BCUT2D eigenvalue weighted by atomic mass is 9.63. The van der Waals surface area contributed by atoms with E-state index in [0.717, 1.165) is 0 Å². The molecule has 2 heteroatoms. The highest BCUT2D eigenvalue weighted by Gasteiger charge is 2.37.